The molecule has 0 saturated carbocycles. The zero-order chi connectivity index (χ0) is 13.1. The molecule has 2 aromatic rings. The molecule has 2 heterocycles. The molecular formula is C10H9ClN4O2S. The summed E-state index contributed by atoms with van der Waals surface area (Å²) in [5, 5.41) is 16.8. The van der Waals surface area contributed by atoms with Crippen molar-refractivity contribution in [3.05, 3.63) is 43.6 Å². The third kappa shape index (κ3) is 2.74. The van der Waals surface area contributed by atoms with Crippen molar-refractivity contribution in [2.24, 2.45) is 0 Å². The second-order valence-corrected chi connectivity index (χ2v) is 4.95. The minimum absolute atomic E-state index is 0.144. The number of anilines is 1. The number of thiazole rings is 1. The third-order valence-electron chi connectivity index (χ3n) is 2.19. The van der Waals surface area contributed by atoms with E-state index in [0.717, 1.165) is 10.7 Å². The van der Waals surface area contributed by atoms with Crippen LogP contribution >= 0.6 is 22.9 Å². The van der Waals surface area contributed by atoms with Crippen molar-refractivity contribution in [1.29, 1.82) is 0 Å². The lowest BCUT2D eigenvalue weighted by Gasteiger charge is -2.06. The molecule has 2 aromatic heterocycles. The van der Waals surface area contributed by atoms with Gasteiger partial charge in [-0.15, -0.1) is 11.3 Å². The summed E-state index contributed by atoms with van der Waals surface area (Å²) in [6, 6.07) is 0. The highest BCUT2D eigenvalue weighted by molar-refractivity contribution is 7.09. The first-order valence-corrected chi connectivity index (χ1v) is 6.26. The molecule has 0 bridgehead atoms. The molecular weight excluding hydrogens is 276 g/mol. The van der Waals surface area contributed by atoms with Gasteiger partial charge in [0.05, 0.1) is 27.2 Å². The first kappa shape index (κ1) is 12.7. The molecule has 0 amide bonds. The fraction of sp³-hybridized carbons (Fsp3) is 0.200. The first-order valence-electron chi connectivity index (χ1n) is 5.00. The maximum absolute atomic E-state index is 10.8. The summed E-state index contributed by atoms with van der Waals surface area (Å²) in [5.74, 6) is 0. The molecule has 0 aromatic carbocycles. The Labute approximate surface area is 112 Å². The maximum atomic E-state index is 10.8. The average Bonchev–Trinajstić information content (AvgIpc) is 2.73. The van der Waals surface area contributed by atoms with Gasteiger partial charge in [0.25, 0.3) is 0 Å². The number of pyridine rings is 1. The Kier molecular flexibility index (Phi) is 3.73. The van der Waals surface area contributed by atoms with Gasteiger partial charge in [0.2, 0.25) is 0 Å². The number of nitrogens with one attached hydrogen (secondary N) is 1. The summed E-state index contributed by atoms with van der Waals surface area (Å²) >= 11 is 7.42. The smallest absolute Gasteiger partial charge is 0.311 e. The van der Waals surface area contributed by atoms with E-state index in [4.69, 9.17) is 11.6 Å². The number of hydrogen-bond donors (Lipinski definition) is 1. The lowest BCUT2D eigenvalue weighted by molar-refractivity contribution is -0.384. The molecule has 0 aliphatic carbocycles. The number of nitro groups is 1. The van der Waals surface area contributed by atoms with Gasteiger partial charge in [-0.1, -0.05) is 11.6 Å². The number of aromatic nitrogens is 2. The summed E-state index contributed by atoms with van der Waals surface area (Å²) in [7, 11) is 0. The summed E-state index contributed by atoms with van der Waals surface area (Å²) in [6.45, 7) is 2.28. The summed E-state index contributed by atoms with van der Waals surface area (Å²) in [4.78, 5) is 18.3. The van der Waals surface area contributed by atoms with Gasteiger partial charge in [-0.3, -0.25) is 15.1 Å². The topological polar surface area (TPSA) is 81.0 Å². The first-order chi connectivity index (χ1) is 8.58. The molecule has 0 unspecified atom stereocenters. The fourth-order valence-corrected chi connectivity index (χ4v) is 2.24. The molecule has 8 heteroatoms. The number of nitrogens with zero attached hydrogens (tertiary/aromatic N) is 3. The van der Waals surface area contributed by atoms with Crippen molar-refractivity contribution < 1.29 is 4.92 Å². The zero-order valence-corrected chi connectivity index (χ0v) is 11.0. The Balaban J connectivity index is 2.20. The third-order valence-corrected chi connectivity index (χ3v) is 3.30. The Hall–Kier alpha value is -1.73. The molecule has 1 N–H and O–H groups in total. The fourth-order valence-electron chi connectivity index (χ4n) is 1.41. The Morgan fingerprint density at radius 2 is 2.33 bits per heavy atom. The van der Waals surface area contributed by atoms with Gasteiger partial charge in [0.1, 0.15) is 11.9 Å². The SMILES string of the molecule is Cc1nc(CNc2c(Cl)cncc2[N+](=O)[O-])cs1. The van der Waals surface area contributed by atoms with Crippen molar-refractivity contribution >= 4 is 34.3 Å². The van der Waals surface area contributed by atoms with E-state index in [1.165, 1.54) is 23.7 Å². The molecule has 18 heavy (non-hydrogen) atoms. The van der Waals surface area contributed by atoms with Gasteiger partial charge >= 0.3 is 5.69 Å². The minimum Gasteiger partial charge on any atom is -0.372 e. The minimum atomic E-state index is -0.520. The van der Waals surface area contributed by atoms with Gasteiger partial charge < -0.3 is 5.32 Å². The summed E-state index contributed by atoms with van der Waals surface area (Å²) < 4.78 is 0. The second-order valence-electron chi connectivity index (χ2n) is 3.48. The molecule has 2 rings (SSSR count). The molecule has 0 spiro atoms. The second kappa shape index (κ2) is 5.28. The van der Waals surface area contributed by atoms with Crippen molar-refractivity contribution in [1.82, 2.24) is 9.97 Å². The summed E-state index contributed by atoms with van der Waals surface area (Å²) in [6.07, 6.45) is 2.53. The predicted molar refractivity (Wildman–Crippen MR) is 70.1 cm³/mol. The van der Waals surface area contributed by atoms with Crippen LogP contribution in [-0.2, 0) is 6.54 Å². The van der Waals surface area contributed by atoms with E-state index in [-0.39, 0.29) is 16.4 Å². The van der Waals surface area contributed by atoms with Gasteiger partial charge in [-0.25, -0.2) is 4.98 Å². The quantitative estimate of drug-likeness (QED) is 0.689. The van der Waals surface area contributed by atoms with Crippen LogP contribution < -0.4 is 5.32 Å². The molecule has 0 saturated heterocycles. The molecule has 0 atom stereocenters. The van der Waals surface area contributed by atoms with Crippen molar-refractivity contribution in [3.8, 4) is 0 Å². The van der Waals surface area contributed by atoms with E-state index in [9.17, 15) is 10.1 Å². The lowest BCUT2D eigenvalue weighted by atomic mass is 10.3. The van der Waals surface area contributed by atoms with E-state index in [1.807, 2.05) is 12.3 Å². The van der Waals surface area contributed by atoms with Crippen LogP contribution in [0.4, 0.5) is 11.4 Å². The van der Waals surface area contributed by atoms with E-state index in [1.54, 1.807) is 0 Å². The molecule has 94 valence electrons. The zero-order valence-electron chi connectivity index (χ0n) is 9.38. The van der Waals surface area contributed by atoms with Crippen molar-refractivity contribution in [2.75, 3.05) is 5.32 Å². The normalized spacial score (nSPS) is 10.3. The molecule has 6 nitrogen and oxygen atoms in total. The van der Waals surface area contributed by atoms with Crippen LogP contribution in [0.3, 0.4) is 0 Å². The lowest BCUT2D eigenvalue weighted by Crippen LogP contribution is -2.04. The maximum Gasteiger partial charge on any atom is 0.311 e. The monoisotopic (exact) mass is 284 g/mol. The van der Waals surface area contributed by atoms with Crippen LogP contribution in [0.25, 0.3) is 0 Å². The molecule has 0 fully saturated rings. The highest BCUT2D eigenvalue weighted by Gasteiger charge is 2.17. The molecule has 0 aliphatic rings. The largest absolute Gasteiger partial charge is 0.372 e. The standard InChI is InChI=1S/C10H9ClN4O2S/c1-6-14-7(5-18-6)2-13-10-8(11)3-12-4-9(10)15(16)17/h3-5H,2H2,1H3,(H,12,13). The van der Waals surface area contributed by atoms with Crippen LogP contribution in [0.1, 0.15) is 10.7 Å². The van der Waals surface area contributed by atoms with Crippen LogP contribution in [0, 0.1) is 17.0 Å². The van der Waals surface area contributed by atoms with E-state index < -0.39 is 4.92 Å². The van der Waals surface area contributed by atoms with Crippen molar-refractivity contribution in [2.45, 2.75) is 13.5 Å². The molecule has 0 radical (unpaired) electrons. The number of halogens is 1. The van der Waals surface area contributed by atoms with E-state index in [2.05, 4.69) is 15.3 Å². The van der Waals surface area contributed by atoms with Gasteiger partial charge in [-0.05, 0) is 6.92 Å². The van der Waals surface area contributed by atoms with Gasteiger partial charge in [0, 0.05) is 11.6 Å². The Morgan fingerprint density at radius 3 is 2.94 bits per heavy atom. The Morgan fingerprint density at radius 1 is 1.56 bits per heavy atom. The average molecular weight is 285 g/mol. The summed E-state index contributed by atoms with van der Waals surface area (Å²) in [5.41, 5.74) is 0.941. The predicted octanol–water partition coefficient (Wildman–Crippen LogP) is 3.02. The van der Waals surface area contributed by atoms with Crippen molar-refractivity contribution in [3.63, 3.8) is 0 Å². The van der Waals surface area contributed by atoms with Gasteiger partial charge in [0.15, 0.2) is 0 Å². The van der Waals surface area contributed by atoms with Gasteiger partial charge in [-0.2, -0.15) is 0 Å². The molecule has 0 aliphatic heterocycles. The number of hydrogen-bond acceptors (Lipinski definition) is 6. The number of aryl methyl sites for hydroxylation is 1. The van der Waals surface area contributed by atoms with Crippen LogP contribution in [0.2, 0.25) is 5.02 Å². The van der Waals surface area contributed by atoms with Crippen LogP contribution in [-0.4, -0.2) is 14.9 Å². The Bertz CT molecular complexity index is 587. The van der Waals surface area contributed by atoms with Crippen LogP contribution in [0.15, 0.2) is 17.8 Å². The highest BCUT2D eigenvalue weighted by atomic mass is 35.5. The van der Waals surface area contributed by atoms with E-state index >= 15 is 0 Å². The van der Waals surface area contributed by atoms with Crippen LogP contribution in [0.5, 0.6) is 0 Å². The highest BCUT2D eigenvalue weighted by Crippen LogP contribution is 2.31. The van der Waals surface area contributed by atoms with E-state index in [0.29, 0.717) is 6.54 Å². The number of rotatable bonds is 4.